The lowest BCUT2D eigenvalue weighted by Crippen LogP contribution is -2.04. The first kappa shape index (κ1) is 13.0. The van der Waals surface area contributed by atoms with E-state index in [2.05, 4.69) is 29.6 Å². The fourth-order valence-electron chi connectivity index (χ4n) is 3.06. The maximum Gasteiger partial charge on any atom is 0.0404 e. The summed E-state index contributed by atoms with van der Waals surface area (Å²) in [5, 5.41) is 3.39. The van der Waals surface area contributed by atoms with Gasteiger partial charge in [-0.05, 0) is 54.7 Å². The molecular formula is C18H22N2. The summed E-state index contributed by atoms with van der Waals surface area (Å²) in [6.07, 6.45) is 6.87. The van der Waals surface area contributed by atoms with Crippen molar-refractivity contribution in [2.75, 3.05) is 11.1 Å². The lowest BCUT2D eigenvalue weighted by Gasteiger charge is -2.22. The van der Waals surface area contributed by atoms with Crippen molar-refractivity contribution < 1.29 is 0 Å². The summed E-state index contributed by atoms with van der Waals surface area (Å²) >= 11 is 0. The van der Waals surface area contributed by atoms with Gasteiger partial charge in [-0.15, -0.1) is 0 Å². The topological polar surface area (TPSA) is 38.0 Å². The maximum absolute atomic E-state index is 5.79. The molecule has 0 atom stereocenters. The van der Waals surface area contributed by atoms with Crippen LogP contribution in [0.1, 0.15) is 43.6 Å². The monoisotopic (exact) mass is 266 g/mol. The molecule has 1 saturated carbocycles. The number of benzene rings is 2. The summed E-state index contributed by atoms with van der Waals surface area (Å²) in [5.74, 6) is 0.769. The number of hydrogen-bond acceptors (Lipinski definition) is 2. The van der Waals surface area contributed by atoms with Gasteiger partial charge < -0.3 is 11.1 Å². The number of rotatable bonds is 3. The highest BCUT2D eigenvalue weighted by Crippen LogP contribution is 2.33. The van der Waals surface area contributed by atoms with Gasteiger partial charge in [0.05, 0.1) is 0 Å². The molecule has 2 heteroatoms. The first-order valence-corrected chi connectivity index (χ1v) is 7.54. The Hall–Kier alpha value is -1.96. The Labute approximate surface area is 121 Å². The van der Waals surface area contributed by atoms with E-state index >= 15 is 0 Å². The van der Waals surface area contributed by atoms with E-state index in [0.29, 0.717) is 0 Å². The van der Waals surface area contributed by atoms with Crippen LogP contribution in [0.5, 0.6) is 0 Å². The number of nitrogen functional groups attached to an aromatic ring is 1. The number of nitrogens with two attached hydrogens (primary N) is 1. The van der Waals surface area contributed by atoms with Crippen LogP contribution < -0.4 is 11.1 Å². The molecule has 20 heavy (non-hydrogen) atoms. The summed E-state index contributed by atoms with van der Waals surface area (Å²) in [4.78, 5) is 0. The van der Waals surface area contributed by atoms with E-state index in [1.54, 1.807) is 0 Å². The molecule has 0 spiro atoms. The molecule has 1 fully saturated rings. The molecule has 0 amide bonds. The molecule has 0 unspecified atom stereocenters. The van der Waals surface area contributed by atoms with Gasteiger partial charge in [0, 0.05) is 17.1 Å². The zero-order chi connectivity index (χ0) is 13.8. The van der Waals surface area contributed by atoms with E-state index in [4.69, 9.17) is 5.73 Å². The van der Waals surface area contributed by atoms with Crippen LogP contribution in [0.15, 0.2) is 48.5 Å². The molecule has 0 heterocycles. The Balaban J connectivity index is 1.69. The second-order valence-electron chi connectivity index (χ2n) is 5.71. The van der Waals surface area contributed by atoms with Crippen LogP contribution in [0, 0.1) is 0 Å². The Morgan fingerprint density at radius 3 is 2.30 bits per heavy atom. The van der Waals surface area contributed by atoms with E-state index in [0.717, 1.165) is 23.0 Å². The van der Waals surface area contributed by atoms with Crippen LogP contribution in [0.2, 0.25) is 0 Å². The average molecular weight is 266 g/mol. The zero-order valence-electron chi connectivity index (χ0n) is 11.8. The number of anilines is 3. The smallest absolute Gasteiger partial charge is 0.0404 e. The second-order valence-corrected chi connectivity index (χ2v) is 5.71. The van der Waals surface area contributed by atoms with Crippen LogP contribution in [-0.2, 0) is 0 Å². The van der Waals surface area contributed by atoms with Gasteiger partial charge in [-0.25, -0.2) is 0 Å². The molecule has 0 bridgehead atoms. The van der Waals surface area contributed by atoms with Gasteiger partial charge in [-0.2, -0.15) is 0 Å². The highest BCUT2D eigenvalue weighted by atomic mass is 14.9. The van der Waals surface area contributed by atoms with Crippen LogP contribution in [0.3, 0.4) is 0 Å². The molecule has 104 valence electrons. The van der Waals surface area contributed by atoms with E-state index < -0.39 is 0 Å². The third-order valence-corrected chi connectivity index (χ3v) is 4.16. The molecule has 1 aliphatic carbocycles. The SMILES string of the molecule is Nc1cccc(Nc2ccc(C3CCCCC3)cc2)c1. The van der Waals surface area contributed by atoms with Crippen LogP contribution in [0.25, 0.3) is 0 Å². The van der Waals surface area contributed by atoms with Gasteiger partial charge in [-0.1, -0.05) is 37.5 Å². The lowest BCUT2D eigenvalue weighted by atomic mass is 9.84. The third kappa shape index (κ3) is 3.13. The average Bonchev–Trinajstić information content (AvgIpc) is 2.49. The highest BCUT2D eigenvalue weighted by molar-refractivity contribution is 5.63. The largest absolute Gasteiger partial charge is 0.399 e. The Morgan fingerprint density at radius 2 is 1.60 bits per heavy atom. The second kappa shape index (κ2) is 6.00. The standard InChI is InChI=1S/C18H22N2/c19-16-7-4-8-18(13-16)20-17-11-9-15(10-12-17)14-5-2-1-3-6-14/h4,7-14,20H,1-3,5-6,19H2. The Kier molecular flexibility index (Phi) is 3.91. The molecule has 3 N–H and O–H groups in total. The van der Waals surface area contributed by atoms with Crippen molar-refractivity contribution in [3.63, 3.8) is 0 Å². The summed E-state index contributed by atoms with van der Waals surface area (Å²) in [5.41, 5.74) is 10.2. The minimum atomic E-state index is 0.769. The first-order chi connectivity index (χ1) is 9.81. The van der Waals surface area contributed by atoms with Crippen LogP contribution >= 0.6 is 0 Å². The van der Waals surface area contributed by atoms with E-state index in [9.17, 15) is 0 Å². The summed E-state index contributed by atoms with van der Waals surface area (Å²) in [7, 11) is 0. The molecule has 2 aromatic rings. The third-order valence-electron chi connectivity index (χ3n) is 4.16. The van der Waals surface area contributed by atoms with E-state index in [1.807, 2.05) is 24.3 Å². The summed E-state index contributed by atoms with van der Waals surface area (Å²) < 4.78 is 0. The molecule has 0 radical (unpaired) electrons. The maximum atomic E-state index is 5.79. The molecule has 1 aliphatic rings. The van der Waals surface area contributed by atoms with Gasteiger partial charge in [0.25, 0.3) is 0 Å². The van der Waals surface area contributed by atoms with Gasteiger partial charge in [0.2, 0.25) is 0 Å². The number of nitrogens with one attached hydrogen (secondary N) is 1. The van der Waals surface area contributed by atoms with Crippen molar-refractivity contribution >= 4 is 17.1 Å². The Morgan fingerprint density at radius 1 is 0.850 bits per heavy atom. The van der Waals surface area contributed by atoms with Crippen molar-refractivity contribution in [2.45, 2.75) is 38.0 Å². The predicted octanol–water partition coefficient (Wildman–Crippen LogP) is 5.06. The highest BCUT2D eigenvalue weighted by Gasteiger charge is 2.14. The minimum Gasteiger partial charge on any atom is -0.399 e. The molecule has 0 aliphatic heterocycles. The minimum absolute atomic E-state index is 0.769. The molecule has 0 aromatic heterocycles. The molecule has 3 rings (SSSR count). The van der Waals surface area contributed by atoms with Crippen molar-refractivity contribution in [3.05, 3.63) is 54.1 Å². The van der Waals surface area contributed by atoms with E-state index in [1.165, 1.54) is 37.7 Å². The van der Waals surface area contributed by atoms with Crippen molar-refractivity contribution in [1.82, 2.24) is 0 Å². The van der Waals surface area contributed by atoms with Crippen molar-refractivity contribution in [1.29, 1.82) is 0 Å². The fraction of sp³-hybridized carbons (Fsp3) is 0.333. The lowest BCUT2D eigenvalue weighted by molar-refractivity contribution is 0.443. The summed E-state index contributed by atoms with van der Waals surface area (Å²) in [6.45, 7) is 0. The first-order valence-electron chi connectivity index (χ1n) is 7.54. The predicted molar refractivity (Wildman–Crippen MR) is 86.4 cm³/mol. The molecule has 2 aromatic carbocycles. The van der Waals surface area contributed by atoms with Gasteiger partial charge >= 0.3 is 0 Å². The van der Waals surface area contributed by atoms with Crippen molar-refractivity contribution in [3.8, 4) is 0 Å². The molecule has 0 saturated heterocycles. The van der Waals surface area contributed by atoms with Gasteiger partial charge in [-0.3, -0.25) is 0 Å². The number of hydrogen-bond donors (Lipinski definition) is 2. The van der Waals surface area contributed by atoms with Crippen molar-refractivity contribution in [2.24, 2.45) is 0 Å². The van der Waals surface area contributed by atoms with Gasteiger partial charge in [0.15, 0.2) is 0 Å². The van der Waals surface area contributed by atoms with Crippen LogP contribution in [0.4, 0.5) is 17.1 Å². The zero-order valence-corrected chi connectivity index (χ0v) is 11.8. The molecular weight excluding hydrogens is 244 g/mol. The fourth-order valence-corrected chi connectivity index (χ4v) is 3.06. The summed E-state index contributed by atoms with van der Waals surface area (Å²) in [6, 6.07) is 16.7. The normalized spacial score (nSPS) is 16.0. The van der Waals surface area contributed by atoms with Crippen LogP contribution in [-0.4, -0.2) is 0 Å². The quantitative estimate of drug-likeness (QED) is 0.762. The Bertz CT molecular complexity index is 554. The van der Waals surface area contributed by atoms with Gasteiger partial charge in [0.1, 0.15) is 0 Å². The molecule has 2 nitrogen and oxygen atoms in total. The van der Waals surface area contributed by atoms with E-state index in [-0.39, 0.29) is 0 Å².